The molecule has 0 bridgehead atoms. The van der Waals surface area contributed by atoms with Crippen LogP contribution < -0.4 is 5.73 Å². The molecule has 0 heterocycles. The highest BCUT2D eigenvalue weighted by atomic mass is 35.5. The second kappa shape index (κ2) is 8.34. The normalized spacial score (nSPS) is 18.2. The largest absolute Gasteiger partial charge is 0.330 e. The molecule has 0 aromatic heterocycles. The Morgan fingerprint density at radius 3 is 2.29 bits per heavy atom. The zero-order valence-corrected chi connectivity index (χ0v) is 12.7. The molecule has 0 saturated heterocycles. The van der Waals surface area contributed by atoms with Gasteiger partial charge < -0.3 is 10.6 Å². The van der Waals surface area contributed by atoms with Crippen LogP contribution in [-0.2, 0) is 0 Å². The second-order valence-corrected chi connectivity index (χ2v) is 6.40. The van der Waals surface area contributed by atoms with Crippen LogP contribution in [0, 0.1) is 11.3 Å². The zero-order chi connectivity index (χ0) is 12.0. The van der Waals surface area contributed by atoms with Crippen molar-refractivity contribution in [2.75, 3.05) is 26.7 Å². The van der Waals surface area contributed by atoms with E-state index >= 15 is 0 Å². The SMILES string of the molecule is CN(CCC1CCCCC1)CC(C)(C)CN.Cl. The molecular weight excluding hydrogens is 232 g/mol. The van der Waals surface area contributed by atoms with Gasteiger partial charge in [-0.1, -0.05) is 46.0 Å². The molecule has 1 saturated carbocycles. The van der Waals surface area contributed by atoms with E-state index in [9.17, 15) is 0 Å². The van der Waals surface area contributed by atoms with Gasteiger partial charge in [0.2, 0.25) is 0 Å². The van der Waals surface area contributed by atoms with Gasteiger partial charge in [-0.15, -0.1) is 12.4 Å². The zero-order valence-electron chi connectivity index (χ0n) is 11.9. The second-order valence-electron chi connectivity index (χ2n) is 6.40. The van der Waals surface area contributed by atoms with E-state index in [-0.39, 0.29) is 17.8 Å². The lowest BCUT2D eigenvalue weighted by Gasteiger charge is -2.30. The first-order chi connectivity index (χ1) is 7.53. The van der Waals surface area contributed by atoms with E-state index in [1.54, 1.807) is 0 Å². The number of hydrogen-bond donors (Lipinski definition) is 1. The van der Waals surface area contributed by atoms with Crippen LogP contribution in [-0.4, -0.2) is 31.6 Å². The molecule has 0 aliphatic heterocycles. The van der Waals surface area contributed by atoms with Crippen molar-refractivity contribution >= 4 is 12.4 Å². The van der Waals surface area contributed by atoms with Gasteiger partial charge in [0.15, 0.2) is 0 Å². The Morgan fingerprint density at radius 1 is 1.18 bits per heavy atom. The summed E-state index contributed by atoms with van der Waals surface area (Å²) < 4.78 is 0. The van der Waals surface area contributed by atoms with Crippen molar-refractivity contribution in [2.24, 2.45) is 17.1 Å². The lowest BCUT2D eigenvalue weighted by molar-refractivity contribution is 0.196. The van der Waals surface area contributed by atoms with Crippen molar-refractivity contribution in [3.05, 3.63) is 0 Å². The molecular formula is C14H31ClN2. The molecule has 0 amide bonds. The summed E-state index contributed by atoms with van der Waals surface area (Å²) in [7, 11) is 2.24. The van der Waals surface area contributed by atoms with Gasteiger partial charge in [0.05, 0.1) is 0 Å². The molecule has 0 spiro atoms. The molecule has 1 aliphatic rings. The Bertz CT molecular complexity index is 189. The van der Waals surface area contributed by atoms with Gasteiger partial charge in [-0.05, 0) is 37.9 Å². The average molecular weight is 263 g/mol. The molecule has 0 atom stereocenters. The van der Waals surface area contributed by atoms with Gasteiger partial charge in [0.25, 0.3) is 0 Å². The van der Waals surface area contributed by atoms with Gasteiger partial charge >= 0.3 is 0 Å². The maximum Gasteiger partial charge on any atom is 0.00417 e. The van der Waals surface area contributed by atoms with E-state index in [0.29, 0.717) is 0 Å². The Labute approximate surface area is 114 Å². The standard InChI is InChI=1S/C14H30N2.ClH/c1-14(2,11-15)12-16(3)10-9-13-7-5-4-6-8-13;/h13H,4-12,15H2,1-3H3;1H. The average Bonchev–Trinajstić information content (AvgIpc) is 2.27. The number of hydrogen-bond acceptors (Lipinski definition) is 2. The number of rotatable bonds is 6. The number of nitrogens with zero attached hydrogens (tertiary/aromatic N) is 1. The summed E-state index contributed by atoms with van der Waals surface area (Å²) in [5, 5.41) is 0. The Balaban J connectivity index is 0.00000256. The van der Waals surface area contributed by atoms with Crippen molar-refractivity contribution in [3.63, 3.8) is 0 Å². The number of halogens is 1. The molecule has 17 heavy (non-hydrogen) atoms. The van der Waals surface area contributed by atoms with Crippen LogP contribution in [0.4, 0.5) is 0 Å². The molecule has 104 valence electrons. The Kier molecular flexibility index (Phi) is 8.44. The van der Waals surface area contributed by atoms with E-state index in [4.69, 9.17) is 5.73 Å². The molecule has 1 aliphatic carbocycles. The highest BCUT2D eigenvalue weighted by Gasteiger charge is 2.19. The van der Waals surface area contributed by atoms with E-state index in [1.165, 1.54) is 45.1 Å². The van der Waals surface area contributed by atoms with Gasteiger partial charge in [0, 0.05) is 6.54 Å². The van der Waals surface area contributed by atoms with E-state index in [2.05, 4.69) is 25.8 Å². The van der Waals surface area contributed by atoms with Gasteiger partial charge in [-0.25, -0.2) is 0 Å². The van der Waals surface area contributed by atoms with E-state index in [1.807, 2.05) is 0 Å². The summed E-state index contributed by atoms with van der Waals surface area (Å²) >= 11 is 0. The summed E-state index contributed by atoms with van der Waals surface area (Å²) in [5.41, 5.74) is 6.03. The monoisotopic (exact) mass is 262 g/mol. The minimum absolute atomic E-state index is 0. The van der Waals surface area contributed by atoms with Crippen LogP contribution in [0.25, 0.3) is 0 Å². The highest BCUT2D eigenvalue weighted by molar-refractivity contribution is 5.85. The van der Waals surface area contributed by atoms with Crippen LogP contribution in [0.15, 0.2) is 0 Å². The van der Waals surface area contributed by atoms with Crippen LogP contribution in [0.5, 0.6) is 0 Å². The fourth-order valence-corrected chi connectivity index (χ4v) is 2.75. The number of nitrogens with two attached hydrogens (primary N) is 1. The van der Waals surface area contributed by atoms with Crippen LogP contribution in [0.1, 0.15) is 52.4 Å². The predicted octanol–water partition coefficient (Wildman–Crippen LogP) is 3.30. The third kappa shape index (κ3) is 7.28. The quantitative estimate of drug-likeness (QED) is 0.796. The third-order valence-corrected chi connectivity index (χ3v) is 3.89. The summed E-state index contributed by atoms with van der Waals surface area (Å²) in [6.45, 7) is 7.65. The van der Waals surface area contributed by atoms with Gasteiger partial charge in [-0.3, -0.25) is 0 Å². The summed E-state index contributed by atoms with van der Waals surface area (Å²) in [6.07, 6.45) is 8.71. The molecule has 0 aromatic carbocycles. The van der Waals surface area contributed by atoms with Crippen LogP contribution in [0.2, 0.25) is 0 Å². The summed E-state index contributed by atoms with van der Waals surface area (Å²) in [6, 6.07) is 0. The minimum Gasteiger partial charge on any atom is -0.330 e. The third-order valence-electron chi connectivity index (χ3n) is 3.89. The predicted molar refractivity (Wildman–Crippen MR) is 78.8 cm³/mol. The van der Waals surface area contributed by atoms with Crippen molar-refractivity contribution in [3.8, 4) is 0 Å². The molecule has 0 aromatic rings. The molecule has 3 heteroatoms. The van der Waals surface area contributed by atoms with Crippen LogP contribution in [0.3, 0.4) is 0 Å². The molecule has 1 fully saturated rings. The molecule has 0 radical (unpaired) electrons. The maximum atomic E-state index is 5.77. The first kappa shape index (κ1) is 17.2. The maximum absolute atomic E-state index is 5.77. The summed E-state index contributed by atoms with van der Waals surface area (Å²) in [4.78, 5) is 2.46. The lowest BCUT2D eigenvalue weighted by Crippen LogP contribution is -2.37. The Hall–Kier alpha value is 0.210. The van der Waals surface area contributed by atoms with Crippen molar-refractivity contribution in [1.29, 1.82) is 0 Å². The van der Waals surface area contributed by atoms with Gasteiger partial charge in [-0.2, -0.15) is 0 Å². The molecule has 2 nitrogen and oxygen atoms in total. The van der Waals surface area contributed by atoms with Crippen LogP contribution >= 0.6 is 12.4 Å². The van der Waals surface area contributed by atoms with E-state index < -0.39 is 0 Å². The fourth-order valence-electron chi connectivity index (χ4n) is 2.75. The minimum atomic E-state index is 0. The summed E-state index contributed by atoms with van der Waals surface area (Å²) in [5.74, 6) is 0.997. The lowest BCUT2D eigenvalue weighted by atomic mass is 9.86. The molecule has 1 rings (SSSR count). The smallest absolute Gasteiger partial charge is 0.00417 e. The van der Waals surface area contributed by atoms with Crippen molar-refractivity contribution in [1.82, 2.24) is 4.90 Å². The topological polar surface area (TPSA) is 29.3 Å². The molecule has 0 unspecified atom stereocenters. The first-order valence-electron chi connectivity index (χ1n) is 6.92. The van der Waals surface area contributed by atoms with Crippen molar-refractivity contribution in [2.45, 2.75) is 52.4 Å². The molecule has 2 N–H and O–H groups in total. The fraction of sp³-hybridized carbons (Fsp3) is 1.00. The van der Waals surface area contributed by atoms with E-state index in [0.717, 1.165) is 19.0 Å². The van der Waals surface area contributed by atoms with Gasteiger partial charge in [0.1, 0.15) is 0 Å². The Morgan fingerprint density at radius 2 is 1.76 bits per heavy atom. The highest BCUT2D eigenvalue weighted by Crippen LogP contribution is 2.26. The van der Waals surface area contributed by atoms with Crippen molar-refractivity contribution < 1.29 is 0 Å². The first-order valence-corrected chi connectivity index (χ1v) is 6.92.